The minimum absolute atomic E-state index is 0.000550. The normalized spacial score (nSPS) is 9.90. The van der Waals surface area contributed by atoms with E-state index in [9.17, 15) is 4.79 Å². The van der Waals surface area contributed by atoms with Crippen LogP contribution in [0.25, 0.3) is 0 Å². The summed E-state index contributed by atoms with van der Waals surface area (Å²) in [5.74, 6) is 0.511. The van der Waals surface area contributed by atoms with Gasteiger partial charge in [-0.2, -0.15) is 0 Å². The molecule has 0 aliphatic rings. The quantitative estimate of drug-likeness (QED) is 0.908. The van der Waals surface area contributed by atoms with Gasteiger partial charge in [0.15, 0.2) is 6.61 Å². The van der Waals surface area contributed by atoms with Crippen LogP contribution in [0.2, 0.25) is 0 Å². The first-order valence-electron chi connectivity index (χ1n) is 6.40. The van der Waals surface area contributed by atoms with Gasteiger partial charge in [-0.15, -0.1) is 0 Å². The third-order valence-electron chi connectivity index (χ3n) is 2.78. The van der Waals surface area contributed by atoms with E-state index in [1.165, 1.54) is 0 Å². The zero-order chi connectivity index (χ0) is 14.4. The topological polar surface area (TPSA) is 41.6 Å². The van der Waals surface area contributed by atoms with Crippen molar-refractivity contribution < 1.29 is 9.53 Å². The predicted molar refractivity (Wildman–Crippen MR) is 81.3 cm³/mol. The molecule has 0 fully saturated rings. The summed E-state index contributed by atoms with van der Waals surface area (Å²) in [6, 6.07) is 16.9. The molecule has 4 heteroatoms. The Morgan fingerprint density at radius 1 is 1.05 bits per heavy atom. The first kappa shape index (κ1) is 13.9. The number of anilines is 2. The molecule has 20 heavy (non-hydrogen) atoms. The maximum absolute atomic E-state index is 11.8. The number of nitrogens with one attached hydrogen (secondary N) is 1. The molecule has 104 valence electrons. The third-order valence-corrected chi connectivity index (χ3v) is 2.78. The SMILES string of the molecule is CN(C)c1ccc(NC(=O)COc2ccccc2)cc1. The van der Waals surface area contributed by atoms with Gasteiger partial charge in [0.2, 0.25) is 0 Å². The van der Waals surface area contributed by atoms with E-state index in [0.717, 1.165) is 11.4 Å². The minimum Gasteiger partial charge on any atom is -0.484 e. The second kappa shape index (κ2) is 6.61. The highest BCUT2D eigenvalue weighted by Gasteiger charge is 2.04. The molecule has 0 heterocycles. The molecule has 1 N–H and O–H groups in total. The van der Waals surface area contributed by atoms with Crippen LogP contribution in [0.1, 0.15) is 0 Å². The van der Waals surface area contributed by atoms with Crippen LogP contribution in [0.4, 0.5) is 11.4 Å². The highest BCUT2D eigenvalue weighted by molar-refractivity contribution is 5.92. The average Bonchev–Trinajstić information content (AvgIpc) is 2.47. The van der Waals surface area contributed by atoms with Gasteiger partial charge >= 0.3 is 0 Å². The number of carbonyl (C=O) groups excluding carboxylic acids is 1. The first-order chi connectivity index (χ1) is 9.65. The fourth-order valence-electron chi connectivity index (χ4n) is 1.71. The Bertz CT molecular complexity index is 550. The first-order valence-corrected chi connectivity index (χ1v) is 6.40. The van der Waals surface area contributed by atoms with Crippen molar-refractivity contribution >= 4 is 17.3 Å². The van der Waals surface area contributed by atoms with E-state index < -0.39 is 0 Å². The van der Waals surface area contributed by atoms with E-state index in [-0.39, 0.29) is 12.5 Å². The predicted octanol–water partition coefficient (Wildman–Crippen LogP) is 2.77. The molecule has 0 atom stereocenters. The summed E-state index contributed by atoms with van der Waals surface area (Å²) in [5.41, 5.74) is 1.85. The molecule has 0 aliphatic carbocycles. The van der Waals surface area contributed by atoms with Gasteiger partial charge in [-0.25, -0.2) is 0 Å². The number of para-hydroxylation sites is 1. The van der Waals surface area contributed by atoms with Crippen LogP contribution in [-0.4, -0.2) is 26.6 Å². The summed E-state index contributed by atoms with van der Waals surface area (Å²) in [5, 5.41) is 2.80. The van der Waals surface area contributed by atoms with Crippen molar-refractivity contribution in [2.24, 2.45) is 0 Å². The molecule has 2 aromatic rings. The Labute approximate surface area is 119 Å². The highest BCUT2D eigenvalue weighted by Crippen LogP contribution is 2.15. The summed E-state index contributed by atoms with van der Waals surface area (Å²) in [6.07, 6.45) is 0. The molecule has 0 aromatic heterocycles. The van der Waals surface area contributed by atoms with Crippen LogP contribution in [0.5, 0.6) is 5.75 Å². The van der Waals surface area contributed by atoms with Gasteiger partial charge in [-0.05, 0) is 36.4 Å². The van der Waals surface area contributed by atoms with Crippen molar-refractivity contribution in [3.05, 3.63) is 54.6 Å². The number of benzene rings is 2. The number of hydrogen-bond donors (Lipinski definition) is 1. The number of amides is 1. The average molecular weight is 270 g/mol. The van der Waals surface area contributed by atoms with Crippen LogP contribution in [-0.2, 0) is 4.79 Å². The maximum Gasteiger partial charge on any atom is 0.262 e. The zero-order valence-corrected chi connectivity index (χ0v) is 11.7. The smallest absolute Gasteiger partial charge is 0.262 e. The number of ether oxygens (including phenoxy) is 1. The van der Waals surface area contributed by atoms with Gasteiger partial charge in [0.05, 0.1) is 0 Å². The lowest BCUT2D eigenvalue weighted by Gasteiger charge is -2.13. The number of nitrogens with zero attached hydrogens (tertiary/aromatic N) is 1. The monoisotopic (exact) mass is 270 g/mol. The van der Waals surface area contributed by atoms with Crippen molar-refractivity contribution in [2.45, 2.75) is 0 Å². The lowest BCUT2D eigenvalue weighted by molar-refractivity contribution is -0.118. The molecule has 0 saturated carbocycles. The lowest BCUT2D eigenvalue weighted by atomic mass is 10.2. The molecule has 1 amide bonds. The van der Waals surface area contributed by atoms with Crippen molar-refractivity contribution in [3.8, 4) is 5.75 Å². The fourth-order valence-corrected chi connectivity index (χ4v) is 1.71. The van der Waals surface area contributed by atoms with Gasteiger partial charge in [-0.1, -0.05) is 18.2 Å². The van der Waals surface area contributed by atoms with Crippen molar-refractivity contribution in [2.75, 3.05) is 30.9 Å². The number of carbonyl (C=O) groups is 1. The van der Waals surface area contributed by atoms with Crippen molar-refractivity contribution in [1.29, 1.82) is 0 Å². The second-order valence-corrected chi connectivity index (χ2v) is 4.59. The van der Waals surface area contributed by atoms with E-state index >= 15 is 0 Å². The highest BCUT2D eigenvalue weighted by atomic mass is 16.5. The summed E-state index contributed by atoms with van der Waals surface area (Å²) >= 11 is 0. The van der Waals surface area contributed by atoms with Gasteiger partial charge < -0.3 is 15.0 Å². The standard InChI is InChI=1S/C16H18N2O2/c1-18(2)14-10-8-13(9-11-14)17-16(19)12-20-15-6-4-3-5-7-15/h3-11H,12H2,1-2H3,(H,17,19). The molecular formula is C16H18N2O2. The second-order valence-electron chi connectivity index (χ2n) is 4.59. The Balaban J connectivity index is 1.85. The number of rotatable bonds is 5. The van der Waals surface area contributed by atoms with Gasteiger partial charge in [0, 0.05) is 25.5 Å². The maximum atomic E-state index is 11.8. The Kier molecular flexibility index (Phi) is 4.60. The lowest BCUT2D eigenvalue weighted by Crippen LogP contribution is -2.20. The summed E-state index contributed by atoms with van der Waals surface area (Å²) in [7, 11) is 3.95. The van der Waals surface area contributed by atoms with E-state index in [1.54, 1.807) is 0 Å². The molecule has 0 saturated heterocycles. The van der Waals surface area contributed by atoms with Crippen molar-refractivity contribution in [3.63, 3.8) is 0 Å². The van der Waals surface area contributed by atoms with Gasteiger partial charge in [0.25, 0.3) is 5.91 Å². The zero-order valence-electron chi connectivity index (χ0n) is 11.7. The Morgan fingerprint density at radius 3 is 2.30 bits per heavy atom. The Morgan fingerprint density at radius 2 is 1.70 bits per heavy atom. The minimum atomic E-state index is -0.175. The summed E-state index contributed by atoms with van der Waals surface area (Å²) < 4.78 is 5.38. The van der Waals surface area contributed by atoms with Crippen LogP contribution in [0.3, 0.4) is 0 Å². The van der Waals surface area contributed by atoms with E-state index in [4.69, 9.17) is 4.74 Å². The van der Waals surface area contributed by atoms with E-state index in [1.807, 2.05) is 73.6 Å². The molecule has 0 radical (unpaired) electrons. The molecule has 4 nitrogen and oxygen atoms in total. The van der Waals surface area contributed by atoms with E-state index in [2.05, 4.69) is 5.32 Å². The largest absolute Gasteiger partial charge is 0.484 e. The summed E-state index contributed by atoms with van der Waals surface area (Å²) in [4.78, 5) is 13.8. The third kappa shape index (κ3) is 4.02. The molecule has 0 spiro atoms. The molecule has 0 aliphatic heterocycles. The van der Waals surface area contributed by atoms with Gasteiger partial charge in [0.1, 0.15) is 5.75 Å². The fraction of sp³-hybridized carbons (Fsp3) is 0.188. The van der Waals surface area contributed by atoms with Crippen LogP contribution < -0.4 is 15.0 Å². The molecular weight excluding hydrogens is 252 g/mol. The summed E-state index contributed by atoms with van der Waals surface area (Å²) in [6.45, 7) is -0.000550. The van der Waals surface area contributed by atoms with Crippen molar-refractivity contribution in [1.82, 2.24) is 0 Å². The molecule has 0 unspecified atom stereocenters. The number of hydrogen-bond acceptors (Lipinski definition) is 3. The van der Waals surface area contributed by atoms with Crippen LogP contribution in [0, 0.1) is 0 Å². The Hall–Kier alpha value is -2.49. The molecule has 0 bridgehead atoms. The molecule has 2 rings (SSSR count). The molecule has 2 aromatic carbocycles. The van der Waals surface area contributed by atoms with Crippen LogP contribution >= 0.6 is 0 Å². The van der Waals surface area contributed by atoms with Gasteiger partial charge in [-0.3, -0.25) is 4.79 Å². The van der Waals surface area contributed by atoms with E-state index in [0.29, 0.717) is 5.75 Å². The van der Waals surface area contributed by atoms with Crippen LogP contribution in [0.15, 0.2) is 54.6 Å².